The smallest absolute Gasteiger partial charge is 0.351 e. The lowest BCUT2D eigenvalue weighted by atomic mass is 10.0. The molecule has 1 aromatic heterocycles. The van der Waals surface area contributed by atoms with E-state index in [0.717, 1.165) is 16.0 Å². The Kier molecular flexibility index (Phi) is 5.21. The lowest BCUT2D eigenvalue weighted by molar-refractivity contribution is -0.118. The van der Waals surface area contributed by atoms with Crippen molar-refractivity contribution >= 4 is 46.0 Å². The van der Waals surface area contributed by atoms with Gasteiger partial charge in [-0.05, 0) is 22.6 Å². The zero-order chi connectivity index (χ0) is 19.5. The van der Waals surface area contributed by atoms with E-state index in [-0.39, 0.29) is 0 Å². The fourth-order valence-electron chi connectivity index (χ4n) is 2.72. The van der Waals surface area contributed by atoms with Crippen LogP contribution in [0.25, 0.3) is 0 Å². The highest BCUT2D eigenvalue weighted by Crippen LogP contribution is 2.25. The van der Waals surface area contributed by atoms with Gasteiger partial charge in [-0.2, -0.15) is 10.3 Å². The number of aliphatic imine (C=N–C) groups is 2. The Bertz CT molecular complexity index is 1030. The Hall–Kier alpha value is -3.00. The Morgan fingerprint density at radius 3 is 2.86 bits per heavy atom. The molecule has 10 heteroatoms. The maximum atomic E-state index is 12.2. The van der Waals surface area contributed by atoms with Gasteiger partial charge in [0.2, 0.25) is 0 Å². The van der Waals surface area contributed by atoms with Crippen molar-refractivity contribution in [3.8, 4) is 6.07 Å². The highest BCUT2D eigenvalue weighted by atomic mass is 32.2. The molecule has 0 aliphatic carbocycles. The van der Waals surface area contributed by atoms with Crippen LogP contribution in [0, 0.1) is 17.2 Å². The number of carbonyl (C=O) groups excluding carboxylic acids is 2. The van der Waals surface area contributed by atoms with E-state index in [0.29, 0.717) is 16.6 Å². The SMILES string of the molecule is N#CC1C(=O)N=C(SCc2cccc(C3NOC(=O)N3)c2)N=C1c1cccs1. The molecule has 2 amide bonds. The molecule has 28 heavy (non-hydrogen) atoms. The van der Waals surface area contributed by atoms with E-state index in [4.69, 9.17) is 0 Å². The van der Waals surface area contributed by atoms with Gasteiger partial charge in [-0.15, -0.1) is 16.8 Å². The summed E-state index contributed by atoms with van der Waals surface area (Å²) < 4.78 is 0. The second-order valence-electron chi connectivity index (χ2n) is 5.89. The number of nitriles is 1. The summed E-state index contributed by atoms with van der Waals surface area (Å²) in [6.45, 7) is 0. The van der Waals surface area contributed by atoms with Gasteiger partial charge >= 0.3 is 6.09 Å². The first-order valence-corrected chi connectivity index (χ1v) is 10.1. The molecule has 2 aliphatic heterocycles. The van der Waals surface area contributed by atoms with E-state index < -0.39 is 24.1 Å². The molecule has 1 saturated heterocycles. The number of hydroxylamine groups is 1. The summed E-state index contributed by atoms with van der Waals surface area (Å²) in [7, 11) is 0. The highest BCUT2D eigenvalue weighted by molar-refractivity contribution is 8.13. The third-order valence-corrected chi connectivity index (χ3v) is 5.84. The number of hydrogen-bond donors (Lipinski definition) is 2. The maximum absolute atomic E-state index is 12.2. The molecule has 0 saturated carbocycles. The van der Waals surface area contributed by atoms with Crippen LogP contribution in [0.15, 0.2) is 51.8 Å². The molecule has 2 aliphatic rings. The molecule has 0 bridgehead atoms. The van der Waals surface area contributed by atoms with Crippen LogP contribution >= 0.6 is 23.1 Å². The lowest BCUT2D eigenvalue weighted by Crippen LogP contribution is -2.26. The number of carbonyl (C=O) groups is 2. The minimum absolute atomic E-state index is 0.334. The van der Waals surface area contributed by atoms with Crippen LogP contribution in [0.1, 0.15) is 22.2 Å². The number of thiophene rings is 1. The summed E-state index contributed by atoms with van der Waals surface area (Å²) in [5.41, 5.74) is 4.87. The van der Waals surface area contributed by atoms with Crippen LogP contribution < -0.4 is 10.8 Å². The summed E-state index contributed by atoms with van der Waals surface area (Å²) in [6, 6.07) is 13.3. The predicted molar refractivity (Wildman–Crippen MR) is 106 cm³/mol. The Morgan fingerprint density at radius 2 is 2.14 bits per heavy atom. The largest absolute Gasteiger partial charge is 0.427 e. The summed E-state index contributed by atoms with van der Waals surface area (Å²) in [5.74, 6) is -0.935. The minimum Gasteiger partial charge on any atom is -0.351 e. The molecule has 8 nitrogen and oxygen atoms in total. The van der Waals surface area contributed by atoms with Crippen LogP contribution in [0.2, 0.25) is 0 Å². The number of nitrogens with zero attached hydrogens (tertiary/aromatic N) is 3. The fraction of sp³-hybridized carbons (Fsp3) is 0.167. The van der Waals surface area contributed by atoms with Gasteiger partial charge in [-0.1, -0.05) is 42.1 Å². The second kappa shape index (κ2) is 7.93. The van der Waals surface area contributed by atoms with E-state index in [1.165, 1.54) is 23.1 Å². The van der Waals surface area contributed by atoms with Crippen molar-refractivity contribution in [3.63, 3.8) is 0 Å². The zero-order valence-electron chi connectivity index (χ0n) is 14.3. The van der Waals surface area contributed by atoms with E-state index in [1.54, 1.807) is 0 Å². The van der Waals surface area contributed by atoms with Gasteiger partial charge in [0, 0.05) is 5.75 Å². The summed E-state index contributed by atoms with van der Waals surface area (Å²) in [4.78, 5) is 37.3. The first kappa shape index (κ1) is 18.4. The molecule has 2 atom stereocenters. The molecule has 140 valence electrons. The van der Waals surface area contributed by atoms with Crippen LogP contribution in [-0.2, 0) is 15.4 Å². The monoisotopic (exact) mass is 411 g/mol. The lowest BCUT2D eigenvalue weighted by Gasteiger charge is -2.14. The predicted octanol–water partition coefficient (Wildman–Crippen LogP) is 2.75. The van der Waals surface area contributed by atoms with E-state index >= 15 is 0 Å². The molecule has 0 spiro atoms. The van der Waals surface area contributed by atoms with Crippen molar-refractivity contribution in [1.29, 1.82) is 5.26 Å². The normalized spacial score (nSPS) is 21.4. The molecule has 2 aromatic rings. The first-order valence-electron chi connectivity index (χ1n) is 8.23. The van der Waals surface area contributed by atoms with E-state index in [9.17, 15) is 14.9 Å². The zero-order valence-corrected chi connectivity index (χ0v) is 15.9. The third-order valence-electron chi connectivity index (χ3n) is 4.03. The number of hydrogen-bond acceptors (Lipinski definition) is 8. The number of benzene rings is 1. The van der Waals surface area contributed by atoms with Crippen LogP contribution in [0.4, 0.5) is 4.79 Å². The van der Waals surface area contributed by atoms with Crippen molar-refractivity contribution in [2.45, 2.75) is 11.9 Å². The second-order valence-corrected chi connectivity index (χ2v) is 7.78. The fourth-order valence-corrected chi connectivity index (χ4v) is 4.26. The molecular formula is C18H13N5O3S2. The molecule has 3 heterocycles. The summed E-state index contributed by atoms with van der Waals surface area (Å²) in [5, 5.41) is 14.2. The summed E-state index contributed by atoms with van der Waals surface area (Å²) in [6.07, 6.45) is -0.937. The van der Waals surface area contributed by atoms with Gasteiger partial charge in [0.15, 0.2) is 11.1 Å². The Labute approximate surface area is 168 Å². The van der Waals surface area contributed by atoms with E-state index in [2.05, 4.69) is 25.6 Å². The molecule has 1 fully saturated rings. The van der Waals surface area contributed by atoms with Crippen molar-refractivity contribution < 1.29 is 14.4 Å². The molecule has 2 N–H and O–H groups in total. The number of rotatable bonds is 4. The van der Waals surface area contributed by atoms with Crippen LogP contribution in [0.3, 0.4) is 0 Å². The van der Waals surface area contributed by atoms with Gasteiger partial charge in [0.05, 0.1) is 16.7 Å². The van der Waals surface area contributed by atoms with Crippen LogP contribution in [0.5, 0.6) is 0 Å². The number of thioether (sulfide) groups is 1. The molecular weight excluding hydrogens is 398 g/mol. The van der Waals surface area contributed by atoms with Gasteiger partial charge in [0.25, 0.3) is 5.91 Å². The van der Waals surface area contributed by atoms with Gasteiger partial charge < -0.3 is 4.84 Å². The topological polar surface area (TPSA) is 116 Å². The van der Waals surface area contributed by atoms with Crippen molar-refractivity contribution in [2.24, 2.45) is 15.9 Å². The first-order chi connectivity index (χ1) is 13.6. The number of amides is 2. The minimum atomic E-state index is -0.969. The summed E-state index contributed by atoms with van der Waals surface area (Å²) >= 11 is 2.75. The van der Waals surface area contributed by atoms with Crippen LogP contribution in [-0.4, -0.2) is 22.9 Å². The van der Waals surface area contributed by atoms with E-state index in [1.807, 2.05) is 47.8 Å². The maximum Gasteiger partial charge on any atom is 0.427 e. The van der Waals surface area contributed by atoms with Gasteiger partial charge in [0.1, 0.15) is 6.17 Å². The van der Waals surface area contributed by atoms with Crippen molar-refractivity contribution in [1.82, 2.24) is 10.8 Å². The standard InChI is InChI=1S/C18H13N5O3S2/c19-8-12-14(13-5-2-6-27-13)20-17(22-16(12)24)28-9-10-3-1-4-11(7-10)15-21-18(25)26-23-15/h1-7,12,15,23H,9H2,(H,21,25). The van der Waals surface area contributed by atoms with Crippen molar-refractivity contribution in [3.05, 3.63) is 57.8 Å². The highest BCUT2D eigenvalue weighted by Gasteiger charge is 2.30. The Morgan fingerprint density at radius 1 is 1.25 bits per heavy atom. The molecule has 2 unspecified atom stereocenters. The molecule has 0 radical (unpaired) electrons. The number of nitrogens with one attached hydrogen (secondary N) is 2. The van der Waals surface area contributed by atoms with Gasteiger partial charge in [-0.25, -0.2) is 9.79 Å². The van der Waals surface area contributed by atoms with Crippen molar-refractivity contribution in [2.75, 3.05) is 0 Å². The third kappa shape index (κ3) is 3.82. The van der Waals surface area contributed by atoms with Gasteiger partial charge in [-0.3, -0.25) is 10.1 Å². The molecule has 1 aromatic carbocycles. The molecule has 4 rings (SSSR count). The quantitative estimate of drug-likeness (QED) is 0.799. The Balaban J connectivity index is 1.50. The number of amidine groups is 1. The average molecular weight is 411 g/mol. The average Bonchev–Trinajstić information content (AvgIpc) is 3.38.